The molecule has 0 saturated heterocycles. The van der Waals surface area contributed by atoms with Crippen LogP contribution in [0.25, 0.3) is 0 Å². The van der Waals surface area contributed by atoms with Crippen LogP contribution >= 0.6 is 0 Å². The third-order valence-electron chi connectivity index (χ3n) is 1.94. The summed E-state index contributed by atoms with van der Waals surface area (Å²) in [5, 5.41) is 6.11. The average Bonchev–Trinajstić information content (AvgIpc) is 2.71. The summed E-state index contributed by atoms with van der Waals surface area (Å²) in [5.74, 6) is -0.872. The Hall–Kier alpha value is -1.89. The van der Waals surface area contributed by atoms with Gasteiger partial charge in [-0.2, -0.15) is 0 Å². The van der Waals surface area contributed by atoms with E-state index < -0.39 is 17.9 Å². The Morgan fingerprint density at radius 3 is 2.88 bits per heavy atom. The van der Waals surface area contributed by atoms with E-state index in [0.717, 1.165) is 0 Å². The predicted octanol–water partition coefficient (Wildman–Crippen LogP) is -0.510. The summed E-state index contributed by atoms with van der Waals surface area (Å²) in [5.41, 5.74) is 6.10. The molecule has 7 nitrogen and oxygen atoms in total. The van der Waals surface area contributed by atoms with Gasteiger partial charge in [-0.15, -0.1) is 0 Å². The van der Waals surface area contributed by atoms with Crippen molar-refractivity contribution in [2.75, 3.05) is 6.61 Å². The second-order valence-electron chi connectivity index (χ2n) is 3.38. The summed E-state index contributed by atoms with van der Waals surface area (Å²) >= 11 is 0. The zero-order valence-electron chi connectivity index (χ0n) is 9.73. The Bertz CT molecular complexity index is 402. The van der Waals surface area contributed by atoms with Crippen LogP contribution in [-0.4, -0.2) is 29.7 Å². The van der Waals surface area contributed by atoms with Gasteiger partial charge >= 0.3 is 5.97 Å². The van der Waals surface area contributed by atoms with Gasteiger partial charge in [-0.3, -0.25) is 4.79 Å². The molecule has 1 aromatic rings. The van der Waals surface area contributed by atoms with E-state index in [1.807, 2.05) is 0 Å². The lowest BCUT2D eigenvalue weighted by Crippen LogP contribution is -2.46. The SMILES string of the molecule is CCOC(=O)C(N)C(=O)NCc1cc(C)no1. The van der Waals surface area contributed by atoms with Crippen molar-refractivity contribution in [3.8, 4) is 0 Å². The fraction of sp³-hybridized carbons (Fsp3) is 0.500. The molecule has 1 rings (SSSR count). The van der Waals surface area contributed by atoms with E-state index in [2.05, 4.69) is 15.2 Å². The Kier molecular flexibility index (Phi) is 4.65. The molecular weight excluding hydrogens is 226 g/mol. The van der Waals surface area contributed by atoms with Crippen LogP contribution in [0, 0.1) is 6.92 Å². The first-order valence-corrected chi connectivity index (χ1v) is 5.16. The molecule has 0 saturated carbocycles. The lowest BCUT2D eigenvalue weighted by molar-refractivity contribution is -0.148. The van der Waals surface area contributed by atoms with E-state index in [1.165, 1.54) is 0 Å². The third-order valence-corrected chi connectivity index (χ3v) is 1.94. The third kappa shape index (κ3) is 3.87. The lowest BCUT2D eigenvalue weighted by Gasteiger charge is -2.09. The molecule has 0 bridgehead atoms. The number of aryl methyl sites for hydroxylation is 1. The minimum Gasteiger partial charge on any atom is -0.464 e. The fourth-order valence-electron chi connectivity index (χ4n) is 1.12. The standard InChI is InChI=1S/C10H15N3O4/c1-3-16-10(15)8(11)9(14)12-5-7-4-6(2)13-17-7/h4,8H,3,5,11H2,1-2H3,(H,12,14). The molecule has 0 aliphatic rings. The Labute approximate surface area is 98.3 Å². The van der Waals surface area contributed by atoms with Gasteiger partial charge in [0.15, 0.2) is 11.8 Å². The largest absolute Gasteiger partial charge is 0.464 e. The molecule has 1 aromatic heterocycles. The Balaban J connectivity index is 2.41. The number of aromatic nitrogens is 1. The molecule has 0 aliphatic heterocycles. The molecule has 0 fully saturated rings. The van der Waals surface area contributed by atoms with Gasteiger partial charge in [0, 0.05) is 6.07 Å². The molecule has 1 heterocycles. The number of nitrogens with one attached hydrogen (secondary N) is 1. The number of esters is 1. The highest BCUT2D eigenvalue weighted by Gasteiger charge is 2.23. The van der Waals surface area contributed by atoms with Crippen molar-refractivity contribution < 1.29 is 18.8 Å². The summed E-state index contributed by atoms with van der Waals surface area (Å²) in [4.78, 5) is 22.6. The molecule has 1 unspecified atom stereocenters. The molecule has 0 aromatic carbocycles. The maximum Gasteiger partial charge on any atom is 0.332 e. The number of amides is 1. The maximum absolute atomic E-state index is 11.4. The van der Waals surface area contributed by atoms with Crippen molar-refractivity contribution in [1.29, 1.82) is 0 Å². The summed E-state index contributed by atoms with van der Waals surface area (Å²) in [6, 6.07) is 0.356. The molecule has 0 spiro atoms. The van der Waals surface area contributed by atoms with E-state index in [9.17, 15) is 9.59 Å². The van der Waals surface area contributed by atoms with Crippen molar-refractivity contribution in [1.82, 2.24) is 10.5 Å². The van der Waals surface area contributed by atoms with Gasteiger partial charge in [0.1, 0.15) is 0 Å². The quantitative estimate of drug-likeness (QED) is 0.531. The number of carbonyl (C=O) groups is 2. The molecule has 94 valence electrons. The summed E-state index contributed by atoms with van der Waals surface area (Å²) < 4.78 is 9.50. The van der Waals surface area contributed by atoms with E-state index >= 15 is 0 Å². The van der Waals surface area contributed by atoms with Crippen LogP contribution in [-0.2, 0) is 20.9 Å². The number of rotatable bonds is 5. The molecule has 7 heteroatoms. The number of nitrogens with two attached hydrogens (primary N) is 1. The zero-order chi connectivity index (χ0) is 12.8. The molecule has 3 N–H and O–H groups in total. The fourth-order valence-corrected chi connectivity index (χ4v) is 1.12. The van der Waals surface area contributed by atoms with Crippen LogP contribution in [0.15, 0.2) is 10.6 Å². The van der Waals surface area contributed by atoms with Gasteiger partial charge in [0.2, 0.25) is 5.91 Å². The van der Waals surface area contributed by atoms with Gasteiger partial charge in [0.05, 0.1) is 18.8 Å². The van der Waals surface area contributed by atoms with Crippen molar-refractivity contribution >= 4 is 11.9 Å². The van der Waals surface area contributed by atoms with E-state index in [0.29, 0.717) is 11.5 Å². The van der Waals surface area contributed by atoms with Crippen LogP contribution in [0.2, 0.25) is 0 Å². The first-order chi connectivity index (χ1) is 8.04. The normalized spacial score (nSPS) is 11.9. The monoisotopic (exact) mass is 241 g/mol. The highest BCUT2D eigenvalue weighted by molar-refractivity contribution is 6.01. The van der Waals surface area contributed by atoms with Crippen LogP contribution in [0.3, 0.4) is 0 Å². The first kappa shape index (κ1) is 13.2. The van der Waals surface area contributed by atoms with E-state index in [1.54, 1.807) is 19.9 Å². The number of hydrogen-bond acceptors (Lipinski definition) is 6. The highest BCUT2D eigenvalue weighted by Crippen LogP contribution is 2.01. The van der Waals surface area contributed by atoms with Gasteiger partial charge in [-0.05, 0) is 13.8 Å². The summed E-state index contributed by atoms with van der Waals surface area (Å²) in [6.07, 6.45) is 0. The lowest BCUT2D eigenvalue weighted by atomic mass is 10.3. The first-order valence-electron chi connectivity index (χ1n) is 5.16. The Morgan fingerprint density at radius 2 is 2.35 bits per heavy atom. The van der Waals surface area contributed by atoms with Crippen molar-refractivity contribution in [3.63, 3.8) is 0 Å². The zero-order valence-corrected chi connectivity index (χ0v) is 9.73. The van der Waals surface area contributed by atoms with Crippen molar-refractivity contribution in [2.24, 2.45) is 5.73 Å². The van der Waals surface area contributed by atoms with Crippen molar-refractivity contribution in [2.45, 2.75) is 26.4 Å². The van der Waals surface area contributed by atoms with Crippen LogP contribution in [0.5, 0.6) is 0 Å². The molecular formula is C10H15N3O4. The average molecular weight is 241 g/mol. The van der Waals surface area contributed by atoms with Gasteiger partial charge in [0.25, 0.3) is 0 Å². The van der Waals surface area contributed by atoms with Crippen LogP contribution < -0.4 is 11.1 Å². The van der Waals surface area contributed by atoms with E-state index in [4.69, 9.17) is 10.3 Å². The van der Waals surface area contributed by atoms with Crippen LogP contribution in [0.1, 0.15) is 18.4 Å². The van der Waals surface area contributed by atoms with Gasteiger partial charge in [-0.1, -0.05) is 5.16 Å². The summed E-state index contributed by atoms with van der Waals surface area (Å²) in [7, 11) is 0. The van der Waals surface area contributed by atoms with Gasteiger partial charge < -0.3 is 20.3 Å². The van der Waals surface area contributed by atoms with E-state index in [-0.39, 0.29) is 13.2 Å². The second kappa shape index (κ2) is 6.00. The minimum absolute atomic E-state index is 0.132. The number of ether oxygens (including phenoxy) is 1. The molecule has 1 atom stereocenters. The Morgan fingerprint density at radius 1 is 1.65 bits per heavy atom. The second-order valence-corrected chi connectivity index (χ2v) is 3.38. The molecule has 0 radical (unpaired) electrons. The number of carbonyl (C=O) groups excluding carboxylic acids is 2. The predicted molar refractivity (Wildman–Crippen MR) is 57.7 cm³/mol. The topological polar surface area (TPSA) is 107 Å². The maximum atomic E-state index is 11.4. The van der Waals surface area contributed by atoms with Crippen LogP contribution in [0.4, 0.5) is 0 Å². The highest BCUT2D eigenvalue weighted by atomic mass is 16.5. The number of hydrogen-bond donors (Lipinski definition) is 2. The molecule has 1 amide bonds. The number of nitrogens with zero attached hydrogens (tertiary/aromatic N) is 1. The molecule has 0 aliphatic carbocycles. The summed E-state index contributed by atoms with van der Waals surface area (Å²) in [6.45, 7) is 3.72. The van der Waals surface area contributed by atoms with Gasteiger partial charge in [-0.25, -0.2) is 4.79 Å². The van der Waals surface area contributed by atoms with Crippen molar-refractivity contribution in [3.05, 3.63) is 17.5 Å². The minimum atomic E-state index is -1.32. The molecule has 17 heavy (non-hydrogen) atoms. The smallest absolute Gasteiger partial charge is 0.332 e.